The molecule has 2 N–H and O–H groups in total. The van der Waals surface area contributed by atoms with Crippen LogP contribution >= 0.6 is 12.2 Å². The van der Waals surface area contributed by atoms with E-state index in [0.717, 1.165) is 35.9 Å². The molecule has 1 heterocycles. The number of para-hydroxylation sites is 2. The normalized spacial score (nSPS) is 13.9. The summed E-state index contributed by atoms with van der Waals surface area (Å²) in [6.07, 6.45) is 2.36. The highest BCUT2D eigenvalue weighted by Gasteiger charge is 2.19. The van der Waals surface area contributed by atoms with Gasteiger partial charge in [-0.3, -0.25) is 10.1 Å². The lowest BCUT2D eigenvalue weighted by molar-refractivity contribution is 0.0977. The van der Waals surface area contributed by atoms with Crippen LogP contribution in [0.3, 0.4) is 0 Å². The third-order valence-corrected chi connectivity index (χ3v) is 6.05. The second kappa shape index (κ2) is 11.0. The molecule has 1 saturated heterocycles. The number of nitrogens with one attached hydrogen (secondary N) is 2. The number of thiocarbonyl (C=S) groups is 1. The summed E-state index contributed by atoms with van der Waals surface area (Å²) in [7, 11) is 0. The van der Waals surface area contributed by atoms with Crippen molar-refractivity contribution in [1.29, 1.82) is 0 Å². The molecular weight excluding hydrogens is 430 g/mol. The van der Waals surface area contributed by atoms with Crippen LogP contribution in [0.15, 0.2) is 78.9 Å². The van der Waals surface area contributed by atoms with Crippen molar-refractivity contribution < 1.29 is 9.53 Å². The van der Waals surface area contributed by atoms with E-state index in [1.54, 1.807) is 18.2 Å². The Balaban J connectivity index is 1.36. The molecule has 0 spiro atoms. The predicted octanol–water partition coefficient (Wildman–Crippen LogP) is 5.63. The molecule has 0 unspecified atom stereocenters. The fraction of sp³-hybridized carbons (Fsp3) is 0.259. The SMILES string of the molecule is CC1CCN(c2ccccc2NC(=S)NC(=O)c2cccc(OCc3ccccc3)c2)CC1. The molecule has 0 aliphatic carbocycles. The summed E-state index contributed by atoms with van der Waals surface area (Å²) in [6, 6.07) is 25.1. The van der Waals surface area contributed by atoms with Crippen molar-refractivity contribution in [3.05, 3.63) is 90.0 Å². The molecule has 1 amide bonds. The first-order chi connectivity index (χ1) is 16.1. The molecule has 3 aromatic rings. The van der Waals surface area contributed by atoms with Gasteiger partial charge in [-0.05, 0) is 66.9 Å². The van der Waals surface area contributed by atoms with Crippen LogP contribution in [0.25, 0.3) is 0 Å². The van der Waals surface area contributed by atoms with E-state index in [-0.39, 0.29) is 11.0 Å². The summed E-state index contributed by atoms with van der Waals surface area (Å²) in [4.78, 5) is 15.2. The second-order valence-electron chi connectivity index (χ2n) is 8.40. The lowest BCUT2D eigenvalue weighted by Crippen LogP contribution is -2.36. The molecule has 5 nitrogen and oxygen atoms in total. The standard InChI is InChI=1S/C27H29N3O2S/c1-20-14-16-30(17-15-20)25-13-6-5-12-24(25)28-27(33)29-26(31)22-10-7-11-23(18-22)32-19-21-8-3-2-4-9-21/h2-13,18,20H,14-17,19H2,1H3,(H2,28,29,31,33). The Bertz CT molecular complexity index is 1100. The van der Waals surface area contributed by atoms with E-state index in [2.05, 4.69) is 28.5 Å². The second-order valence-corrected chi connectivity index (χ2v) is 8.81. The number of carbonyl (C=O) groups is 1. The Morgan fingerprint density at radius 1 is 1.00 bits per heavy atom. The van der Waals surface area contributed by atoms with E-state index < -0.39 is 0 Å². The molecule has 0 atom stereocenters. The van der Waals surface area contributed by atoms with Gasteiger partial charge in [-0.1, -0.05) is 55.5 Å². The Kier molecular flexibility index (Phi) is 7.58. The van der Waals surface area contributed by atoms with Gasteiger partial charge in [0.25, 0.3) is 5.91 Å². The van der Waals surface area contributed by atoms with Crippen molar-refractivity contribution >= 4 is 34.6 Å². The van der Waals surface area contributed by atoms with E-state index in [1.807, 2.05) is 54.6 Å². The van der Waals surface area contributed by atoms with Gasteiger partial charge >= 0.3 is 0 Å². The Hall–Kier alpha value is -3.38. The monoisotopic (exact) mass is 459 g/mol. The fourth-order valence-corrected chi connectivity index (χ4v) is 4.10. The summed E-state index contributed by atoms with van der Waals surface area (Å²) >= 11 is 5.45. The molecule has 1 fully saturated rings. The molecule has 0 aromatic heterocycles. The molecule has 4 rings (SSSR count). The summed E-state index contributed by atoms with van der Waals surface area (Å²) in [6.45, 7) is 4.79. The maximum Gasteiger partial charge on any atom is 0.257 e. The molecule has 1 aliphatic rings. The number of hydrogen-bond acceptors (Lipinski definition) is 4. The number of ether oxygens (including phenoxy) is 1. The summed E-state index contributed by atoms with van der Waals surface area (Å²) in [5.74, 6) is 1.12. The lowest BCUT2D eigenvalue weighted by atomic mass is 9.98. The molecule has 170 valence electrons. The van der Waals surface area contributed by atoms with E-state index in [1.165, 1.54) is 12.8 Å². The molecule has 33 heavy (non-hydrogen) atoms. The van der Waals surface area contributed by atoms with Gasteiger partial charge in [-0.15, -0.1) is 0 Å². The Morgan fingerprint density at radius 3 is 2.52 bits per heavy atom. The van der Waals surface area contributed by atoms with Crippen LogP contribution in [0.2, 0.25) is 0 Å². The Labute approximate surface area is 200 Å². The van der Waals surface area contributed by atoms with E-state index in [0.29, 0.717) is 17.9 Å². The first-order valence-electron chi connectivity index (χ1n) is 11.3. The van der Waals surface area contributed by atoms with Crippen LogP contribution in [-0.4, -0.2) is 24.1 Å². The predicted molar refractivity (Wildman–Crippen MR) is 138 cm³/mol. The molecule has 0 saturated carbocycles. The minimum Gasteiger partial charge on any atom is -0.489 e. The van der Waals surface area contributed by atoms with Crippen molar-refractivity contribution in [1.82, 2.24) is 5.32 Å². The maximum absolute atomic E-state index is 12.8. The van der Waals surface area contributed by atoms with Gasteiger partial charge in [-0.2, -0.15) is 0 Å². The van der Waals surface area contributed by atoms with Crippen molar-refractivity contribution in [3.63, 3.8) is 0 Å². The van der Waals surface area contributed by atoms with Crippen LogP contribution in [0.1, 0.15) is 35.7 Å². The number of piperidine rings is 1. The molecule has 3 aromatic carbocycles. The zero-order chi connectivity index (χ0) is 23.0. The van der Waals surface area contributed by atoms with Crippen LogP contribution in [-0.2, 0) is 6.61 Å². The number of benzene rings is 3. The third kappa shape index (κ3) is 6.33. The summed E-state index contributed by atoms with van der Waals surface area (Å²) < 4.78 is 5.84. The summed E-state index contributed by atoms with van der Waals surface area (Å²) in [5.41, 5.74) is 3.57. The number of amides is 1. The highest BCUT2D eigenvalue weighted by molar-refractivity contribution is 7.80. The first-order valence-corrected chi connectivity index (χ1v) is 11.7. The number of nitrogens with zero attached hydrogens (tertiary/aromatic N) is 1. The van der Waals surface area contributed by atoms with Gasteiger partial charge < -0.3 is 15.0 Å². The smallest absolute Gasteiger partial charge is 0.257 e. The van der Waals surface area contributed by atoms with E-state index in [9.17, 15) is 4.79 Å². The Morgan fingerprint density at radius 2 is 1.73 bits per heavy atom. The average Bonchev–Trinajstić information content (AvgIpc) is 2.84. The third-order valence-electron chi connectivity index (χ3n) is 5.85. The fourth-order valence-electron chi connectivity index (χ4n) is 3.90. The van der Waals surface area contributed by atoms with Gasteiger partial charge in [0.05, 0.1) is 11.4 Å². The van der Waals surface area contributed by atoms with Crippen LogP contribution < -0.4 is 20.3 Å². The highest BCUT2D eigenvalue weighted by atomic mass is 32.1. The minimum absolute atomic E-state index is 0.272. The van der Waals surface area contributed by atoms with Crippen molar-refractivity contribution in [2.75, 3.05) is 23.3 Å². The van der Waals surface area contributed by atoms with Crippen LogP contribution in [0.4, 0.5) is 11.4 Å². The zero-order valence-electron chi connectivity index (χ0n) is 18.8. The number of anilines is 2. The lowest BCUT2D eigenvalue weighted by Gasteiger charge is -2.33. The van der Waals surface area contributed by atoms with Crippen LogP contribution in [0.5, 0.6) is 5.75 Å². The van der Waals surface area contributed by atoms with Crippen LogP contribution in [0, 0.1) is 5.92 Å². The van der Waals surface area contributed by atoms with Gasteiger partial charge in [0.15, 0.2) is 5.11 Å². The van der Waals surface area contributed by atoms with Crippen molar-refractivity contribution in [3.8, 4) is 5.75 Å². The topological polar surface area (TPSA) is 53.6 Å². The first kappa shape index (κ1) is 22.8. The molecule has 6 heteroatoms. The van der Waals surface area contributed by atoms with Crippen molar-refractivity contribution in [2.24, 2.45) is 5.92 Å². The summed E-state index contributed by atoms with van der Waals surface area (Å²) in [5, 5.41) is 6.27. The number of rotatable bonds is 6. The average molecular weight is 460 g/mol. The highest BCUT2D eigenvalue weighted by Crippen LogP contribution is 2.29. The van der Waals surface area contributed by atoms with E-state index in [4.69, 9.17) is 17.0 Å². The molecule has 1 aliphatic heterocycles. The van der Waals surface area contributed by atoms with Crippen molar-refractivity contribution in [2.45, 2.75) is 26.4 Å². The minimum atomic E-state index is -0.276. The number of carbonyl (C=O) groups excluding carboxylic acids is 1. The van der Waals surface area contributed by atoms with E-state index >= 15 is 0 Å². The molecule has 0 radical (unpaired) electrons. The maximum atomic E-state index is 12.8. The molecular formula is C27H29N3O2S. The van der Waals surface area contributed by atoms with Gasteiger partial charge in [0.2, 0.25) is 0 Å². The quantitative estimate of drug-likeness (QED) is 0.468. The largest absolute Gasteiger partial charge is 0.489 e. The van der Waals surface area contributed by atoms with Gasteiger partial charge in [0, 0.05) is 18.7 Å². The number of hydrogen-bond donors (Lipinski definition) is 2. The molecule has 0 bridgehead atoms. The zero-order valence-corrected chi connectivity index (χ0v) is 19.6. The van der Waals surface area contributed by atoms with Gasteiger partial charge in [-0.25, -0.2) is 0 Å². The van der Waals surface area contributed by atoms with Gasteiger partial charge in [0.1, 0.15) is 12.4 Å².